The predicted octanol–water partition coefficient (Wildman–Crippen LogP) is 2.89. The van der Waals surface area contributed by atoms with Gasteiger partial charge < -0.3 is 9.90 Å². The molecule has 118 valence electrons. The van der Waals surface area contributed by atoms with Gasteiger partial charge in [0.25, 0.3) is 0 Å². The summed E-state index contributed by atoms with van der Waals surface area (Å²) in [6.45, 7) is -0.314. The van der Waals surface area contributed by atoms with Gasteiger partial charge in [-0.05, 0) is 30.5 Å². The zero-order valence-electron chi connectivity index (χ0n) is 12.2. The van der Waals surface area contributed by atoms with Gasteiger partial charge in [0.15, 0.2) is 0 Å². The number of rotatable bonds is 6. The minimum atomic E-state index is -1.04. The lowest BCUT2D eigenvalue weighted by atomic mass is 9.64. The summed E-state index contributed by atoms with van der Waals surface area (Å²) in [6, 6.07) is 6.06. The number of nitro groups is 1. The Morgan fingerprint density at radius 1 is 1.27 bits per heavy atom. The molecule has 6 heteroatoms. The highest BCUT2D eigenvalue weighted by molar-refractivity contribution is 5.87. The smallest absolute Gasteiger partial charge is 0.335 e. The van der Waals surface area contributed by atoms with E-state index in [0.717, 1.165) is 25.5 Å². The Kier molecular flexibility index (Phi) is 4.90. The Morgan fingerprint density at radius 3 is 2.32 bits per heavy atom. The van der Waals surface area contributed by atoms with Gasteiger partial charge in [-0.15, -0.1) is 0 Å². The standard InChI is InChI=1S/C16H19NO5/c18-11-16(8-2-1-3-9-16)14(10-17(21)22)12-4-6-13(7-5-12)15(19)20/h4-7,11,14H,1-3,8-10H2,(H,19,20)/t14-/m0/s1. The molecule has 0 bridgehead atoms. The van der Waals surface area contributed by atoms with E-state index in [2.05, 4.69) is 0 Å². The van der Waals surface area contributed by atoms with Crippen LogP contribution in [0.25, 0.3) is 0 Å². The van der Waals surface area contributed by atoms with Crippen LogP contribution in [0.5, 0.6) is 0 Å². The molecule has 1 aromatic carbocycles. The third-order valence-electron chi connectivity index (χ3n) is 4.60. The van der Waals surface area contributed by atoms with Crippen molar-refractivity contribution in [3.63, 3.8) is 0 Å². The summed E-state index contributed by atoms with van der Waals surface area (Å²) in [7, 11) is 0. The van der Waals surface area contributed by atoms with Gasteiger partial charge in [-0.1, -0.05) is 31.4 Å². The van der Waals surface area contributed by atoms with Crippen molar-refractivity contribution in [1.29, 1.82) is 0 Å². The van der Waals surface area contributed by atoms with Crippen LogP contribution >= 0.6 is 0 Å². The molecule has 1 aliphatic carbocycles. The molecule has 1 saturated carbocycles. The van der Waals surface area contributed by atoms with Crippen LogP contribution in [0.4, 0.5) is 0 Å². The Hall–Kier alpha value is -2.24. The van der Waals surface area contributed by atoms with E-state index in [9.17, 15) is 19.7 Å². The number of aldehydes is 1. The topological polar surface area (TPSA) is 97.5 Å². The van der Waals surface area contributed by atoms with Crippen molar-refractivity contribution in [2.75, 3.05) is 6.54 Å². The molecule has 0 heterocycles. The summed E-state index contributed by atoms with van der Waals surface area (Å²) >= 11 is 0. The molecule has 0 aromatic heterocycles. The first-order valence-electron chi connectivity index (χ1n) is 7.40. The van der Waals surface area contributed by atoms with Gasteiger partial charge in [-0.25, -0.2) is 4.79 Å². The van der Waals surface area contributed by atoms with Gasteiger partial charge >= 0.3 is 5.97 Å². The fraction of sp³-hybridized carbons (Fsp3) is 0.500. The number of carboxylic acid groups (broad SMARTS) is 1. The maximum atomic E-state index is 11.7. The van der Waals surface area contributed by atoms with Crippen molar-refractivity contribution in [3.05, 3.63) is 45.5 Å². The Labute approximate surface area is 128 Å². The second kappa shape index (κ2) is 6.68. The molecule has 1 atom stereocenters. The molecule has 0 aliphatic heterocycles. The number of aromatic carboxylic acids is 1. The number of nitrogens with zero attached hydrogens (tertiary/aromatic N) is 1. The summed E-state index contributed by atoms with van der Waals surface area (Å²) in [5.41, 5.74) is 0.0823. The number of hydrogen-bond acceptors (Lipinski definition) is 4. The van der Waals surface area contributed by atoms with Gasteiger partial charge in [0.1, 0.15) is 6.29 Å². The Bertz CT molecular complexity index is 560. The van der Waals surface area contributed by atoms with Crippen molar-refractivity contribution in [2.45, 2.75) is 38.0 Å². The van der Waals surface area contributed by atoms with Gasteiger partial charge in [0.2, 0.25) is 6.54 Å². The van der Waals surface area contributed by atoms with Crippen LogP contribution in [-0.2, 0) is 4.79 Å². The summed E-state index contributed by atoms with van der Waals surface area (Å²) in [6.07, 6.45) is 5.00. The molecular weight excluding hydrogens is 286 g/mol. The van der Waals surface area contributed by atoms with Crippen LogP contribution in [0.15, 0.2) is 24.3 Å². The lowest BCUT2D eigenvalue weighted by molar-refractivity contribution is -0.486. The summed E-state index contributed by atoms with van der Waals surface area (Å²) in [5.74, 6) is -1.55. The molecule has 0 amide bonds. The minimum absolute atomic E-state index is 0.132. The molecule has 0 spiro atoms. The van der Waals surface area contributed by atoms with Crippen molar-refractivity contribution >= 4 is 12.3 Å². The van der Waals surface area contributed by atoms with Crippen LogP contribution < -0.4 is 0 Å². The highest BCUT2D eigenvalue weighted by Crippen LogP contribution is 2.46. The lowest BCUT2D eigenvalue weighted by Gasteiger charge is -2.37. The van der Waals surface area contributed by atoms with Gasteiger partial charge in [-0.3, -0.25) is 10.1 Å². The number of carboxylic acids is 1. The quantitative estimate of drug-likeness (QED) is 0.495. The fourth-order valence-electron chi connectivity index (χ4n) is 3.38. The van der Waals surface area contributed by atoms with Crippen molar-refractivity contribution in [3.8, 4) is 0 Å². The van der Waals surface area contributed by atoms with E-state index in [0.29, 0.717) is 18.4 Å². The average Bonchev–Trinajstić information content (AvgIpc) is 2.53. The summed E-state index contributed by atoms with van der Waals surface area (Å²) < 4.78 is 0. The van der Waals surface area contributed by atoms with Crippen molar-refractivity contribution in [2.24, 2.45) is 5.41 Å². The minimum Gasteiger partial charge on any atom is -0.478 e. The highest BCUT2D eigenvalue weighted by atomic mass is 16.6. The fourth-order valence-corrected chi connectivity index (χ4v) is 3.38. The van der Waals surface area contributed by atoms with Crippen LogP contribution in [0, 0.1) is 15.5 Å². The van der Waals surface area contributed by atoms with E-state index in [-0.39, 0.29) is 12.1 Å². The third kappa shape index (κ3) is 3.32. The summed E-state index contributed by atoms with van der Waals surface area (Å²) in [5, 5.41) is 20.0. The molecule has 0 saturated heterocycles. The van der Waals surface area contributed by atoms with E-state index in [1.165, 1.54) is 12.1 Å². The average molecular weight is 305 g/mol. The van der Waals surface area contributed by atoms with E-state index >= 15 is 0 Å². The van der Waals surface area contributed by atoms with E-state index in [1.807, 2.05) is 0 Å². The molecule has 2 rings (SSSR count). The molecule has 1 aliphatic rings. The first kappa shape index (κ1) is 16.1. The number of carbonyl (C=O) groups excluding carboxylic acids is 1. The highest BCUT2D eigenvalue weighted by Gasteiger charge is 2.43. The van der Waals surface area contributed by atoms with Crippen molar-refractivity contribution < 1.29 is 19.6 Å². The monoisotopic (exact) mass is 305 g/mol. The van der Waals surface area contributed by atoms with Gasteiger partial charge in [-0.2, -0.15) is 0 Å². The zero-order chi connectivity index (χ0) is 16.2. The molecule has 1 N–H and O–H groups in total. The van der Waals surface area contributed by atoms with Crippen LogP contribution in [0.2, 0.25) is 0 Å². The third-order valence-corrected chi connectivity index (χ3v) is 4.60. The van der Waals surface area contributed by atoms with Crippen LogP contribution in [0.3, 0.4) is 0 Å². The lowest BCUT2D eigenvalue weighted by Crippen LogP contribution is -2.36. The first-order valence-corrected chi connectivity index (χ1v) is 7.40. The molecule has 1 aromatic rings. The maximum absolute atomic E-state index is 11.7. The second-order valence-corrected chi connectivity index (χ2v) is 5.91. The molecule has 1 fully saturated rings. The molecule has 0 radical (unpaired) electrons. The van der Waals surface area contributed by atoms with Crippen LogP contribution in [-0.4, -0.2) is 28.8 Å². The van der Waals surface area contributed by atoms with Crippen molar-refractivity contribution in [1.82, 2.24) is 0 Å². The Morgan fingerprint density at radius 2 is 1.86 bits per heavy atom. The molecule has 0 unspecified atom stereocenters. The van der Waals surface area contributed by atoms with Crippen LogP contribution in [0.1, 0.15) is 53.9 Å². The molecular formula is C16H19NO5. The SMILES string of the molecule is O=CC1([C@@H](C[N+](=O)[O-])c2ccc(C(=O)O)cc2)CCCCC1. The normalized spacial score (nSPS) is 18.4. The van der Waals surface area contributed by atoms with Gasteiger partial charge in [0, 0.05) is 10.3 Å². The maximum Gasteiger partial charge on any atom is 0.335 e. The van der Waals surface area contributed by atoms with E-state index < -0.39 is 22.2 Å². The van der Waals surface area contributed by atoms with E-state index in [4.69, 9.17) is 5.11 Å². The number of carbonyl (C=O) groups is 2. The second-order valence-electron chi connectivity index (χ2n) is 5.91. The molecule has 6 nitrogen and oxygen atoms in total. The zero-order valence-corrected chi connectivity index (χ0v) is 12.2. The number of benzene rings is 1. The summed E-state index contributed by atoms with van der Waals surface area (Å²) in [4.78, 5) is 33.3. The number of hydrogen-bond donors (Lipinski definition) is 1. The Balaban J connectivity index is 2.38. The predicted molar refractivity (Wildman–Crippen MR) is 79.6 cm³/mol. The van der Waals surface area contributed by atoms with E-state index in [1.54, 1.807) is 12.1 Å². The largest absolute Gasteiger partial charge is 0.478 e. The first-order chi connectivity index (χ1) is 10.5. The molecule has 22 heavy (non-hydrogen) atoms. The van der Waals surface area contributed by atoms with Gasteiger partial charge in [0.05, 0.1) is 11.5 Å².